The average molecular weight is 221 g/mol. The smallest absolute Gasteiger partial charge is 0.155 e. The molecule has 0 spiro atoms. The van der Waals surface area contributed by atoms with Gasteiger partial charge in [-0.05, 0) is 19.8 Å². The number of nitrogens with zero attached hydrogens (tertiary/aromatic N) is 3. The SMILES string of the molecule is C=CCCCN(C)c1c(C=O)c(C)nn1C. The number of aromatic nitrogens is 2. The second-order valence-electron chi connectivity index (χ2n) is 3.92. The van der Waals surface area contributed by atoms with Gasteiger partial charge in [-0.25, -0.2) is 0 Å². The number of carbonyl (C=O) groups is 1. The van der Waals surface area contributed by atoms with E-state index in [1.165, 1.54) is 0 Å². The van der Waals surface area contributed by atoms with Crippen molar-refractivity contribution < 1.29 is 4.79 Å². The molecule has 0 radical (unpaired) electrons. The molecule has 0 bridgehead atoms. The van der Waals surface area contributed by atoms with Gasteiger partial charge in [0.15, 0.2) is 6.29 Å². The van der Waals surface area contributed by atoms with Gasteiger partial charge in [-0.15, -0.1) is 6.58 Å². The van der Waals surface area contributed by atoms with E-state index in [1.54, 1.807) is 4.68 Å². The van der Waals surface area contributed by atoms with Gasteiger partial charge >= 0.3 is 0 Å². The molecule has 0 amide bonds. The molecule has 0 aliphatic carbocycles. The number of aldehydes is 1. The molecule has 0 saturated heterocycles. The number of hydrogen-bond acceptors (Lipinski definition) is 3. The molecule has 16 heavy (non-hydrogen) atoms. The molecule has 0 fully saturated rings. The van der Waals surface area contributed by atoms with Crippen LogP contribution >= 0.6 is 0 Å². The van der Waals surface area contributed by atoms with E-state index in [4.69, 9.17) is 0 Å². The van der Waals surface area contributed by atoms with Crippen molar-refractivity contribution in [1.29, 1.82) is 0 Å². The summed E-state index contributed by atoms with van der Waals surface area (Å²) in [6.07, 6.45) is 4.80. The maximum Gasteiger partial charge on any atom is 0.155 e. The Morgan fingerprint density at radius 3 is 2.81 bits per heavy atom. The van der Waals surface area contributed by atoms with Crippen molar-refractivity contribution in [2.45, 2.75) is 19.8 Å². The molecule has 0 unspecified atom stereocenters. The molecule has 0 N–H and O–H groups in total. The molecule has 1 rings (SSSR count). The zero-order valence-corrected chi connectivity index (χ0v) is 10.2. The maximum atomic E-state index is 11.0. The summed E-state index contributed by atoms with van der Waals surface area (Å²) in [5.74, 6) is 0.886. The van der Waals surface area contributed by atoms with E-state index in [1.807, 2.05) is 27.1 Å². The van der Waals surface area contributed by atoms with Crippen LogP contribution in [0.4, 0.5) is 5.82 Å². The van der Waals surface area contributed by atoms with E-state index in [0.29, 0.717) is 5.56 Å². The first kappa shape index (κ1) is 12.5. The van der Waals surface area contributed by atoms with Crippen molar-refractivity contribution in [1.82, 2.24) is 9.78 Å². The molecule has 0 aliphatic rings. The molecular formula is C12H19N3O. The third-order valence-corrected chi connectivity index (χ3v) is 2.62. The van der Waals surface area contributed by atoms with Crippen molar-refractivity contribution in [3.8, 4) is 0 Å². The Morgan fingerprint density at radius 2 is 2.25 bits per heavy atom. The van der Waals surface area contributed by atoms with Crippen molar-refractivity contribution >= 4 is 12.1 Å². The highest BCUT2D eigenvalue weighted by Crippen LogP contribution is 2.20. The summed E-state index contributed by atoms with van der Waals surface area (Å²) in [5, 5.41) is 4.25. The van der Waals surface area contributed by atoms with Gasteiger partial charge in [-0.3, -0.25) is 9.48 Å². The van der Waals surface area contributed by atoms with Crippen molar-refractivity contribution in [2.75, 3.05) is 18.5 Å². The van der Waals surface area contributed by atoms with Crippen LogP contribution in [0.3, 0.4) is 0 Å². The minimum Gasteiger partial charge on any atom is -0.359 e. The second kappa shape index (κ2) is 5.49. The second-order valence-corrected chi connectivity index (χ2v) is 3.92. The highest BCUT2D eigenvalue weighted by atomic mass is 16.1. The summed E-state index contributed by atoms with van der Waals surface area (Å²) in [6, 6.07) is 0. The van der Waals surface area contributed by atoms with Crippen LogP contribution in [0.1, 0.15) is 28.9 Å². The molecule has 4 heteroatoms. The van der Waals surface area contributed by atoms with Gasteiger partial charge in [0.2, 0.25) is 0 Å². The van der Waals surface area contributed by atoms with E-state index >= 15 is 0 Å². The Balaban J connectivity index is 2.85. The average Bonchev–Trinajstić information content (AvgIpc) is 2.53. The van der Waals surface area contributed by atoms with E-state index in [0.717, 1.165) is 37.2 Å². The molecule has 1 aromatic rings. The van der Waals surface area contributed by atoms with Gasteiger partial charge in [-0.2, -0.15) is 5.10 Å². The summed E-state index contributed by atoms with van der Waals surface area (Å²) in [6.45, 7) is 6.44. The first-order valence-electron chi connectivity index (χ1n) is 5.42. The predicted molar refractivity (Wildman–Crippen MR) is 66.0 cm³/mol. The first-order valence-corrected chi connectivity index (χ1v) is 5.42. The van der Waals surface area contributed by atoms with Gasteiger partial charge in [0.05, 0.1) is 11.3 Å². The third-order valence-electron chi connectivity index (χ3n) is 2.62. The lowest BCUT2D eigenvalue weighted by atomic mass is 10.2. The van der Waals surface area contributed by atoms with Gasteiger partial charge in [0, 0.05) is 20.6 Å². The monoisotopic (exact) mass is 221 g/mol. The summed E-state index contributed by atoms with van der Waals surface area (Å²) >= 11 is 0. The Labute approximate surface area is 96.6 Å². The Hall–Kier alpha value is -1.58. The number of rotatable bonds is 6. The van der Waals surface area contributed by atoms with Crippen LogP contribution in [0.15, 0.2) is 12.7 Å². The predicted octanol–water partition coefficient (Wildman–Crippen LogP) is 1.94. The maximum absolute atomic E-state index is 11.0. The number of allylic oxidation sites excluding steroid dienone is 1. The van der Waals surface area contributed by atoms with Crippen molar-refractivity contribution in [2.24, 2.45) is 7.05 Å². The Kier molecular flexibility index (Phi) is 4.28. The fraction of sp³-hybridized carbons (Fsp3) is 0.500. The van der Waals surface area contributed by atoms with Crippen molar-refractivity contribution in [3.05, 3.63) is 23.9 Å². The van der Waals surface area contributed by atoms with E-state index < -0.39 is 0 Å². The van der Waals surface area contributed by atoms with E-state index in [-0.39, 0.29) is 0 Å². The van der Waals surface area contributed by atoms with Gasteiger partial charge < -0.3 is 4.90 Å². The van der Waals surface area contributed by atoms with Crippen LogP contribution in [0.25, 0.3) is 0 Å². The van der Waals surface area contributed by atoms with Crippen LogP contribution < -0.4 is 4.90 Å². The Bertz CT molecular complexity index is 382. The number of unbranched alkanes of at least 4 members (excludes halogenated alkanes) is 1. The fourth-order valence-electron chi connectivity index (χ4n) is 1.83. The minimum absolute atomic E-state index is 0.684. The summed E-state index contributed by atoms with van der Waals surface area (Å²) in [5.41, 5.74) is 1.46. The van der Waals surface area contributed by atoms with Crippen LogP contribution in [-0.2, 0) is 7.05 Å². The van der Waals surface area contributed by atoms with Crippen LogP contribution in [0.2, 0.25) is 0 Å². The third kappa shape index (κ3) is 2.51. The zero-order valence-electron chi connectivity index (χ0n) is 10.2. The Morgan fingerprint density at radius 1 is 1.56 bits per heavy atom. The first-order chi connectivity index (χ1) is 7.61. The number of aryl methyl sites for hydroxylation is 2. The van der Waals surface area contributed by atoms with Gasteiger partial charge in [0.1, 0.15) is 5.82 Å². The molecule has 0 aliphatic heterocycles. The number of hydrogen-bond donors (Lipinski definition) is 0. The molecule has 4 nitrogen and oxygen atoms in total. The zero-order chi connectivity index (χ0) is 12.1. The van der Waals surface area contributed by atoms with E-state index in [2.05, 4.69) is 16.6 Å². The molecule has 0 aromatic carbocycles. The lowest BCUT2D eigenvalue weighted by molar-refractivity contribution is 0.112. The highest BCUT2D eigenvalue weighted by molar-refractivity contribution is 5.84. The standard InChI is InChI=1S/C12H19N3O/c1-5-6-7-8-14(3)12-11(9-16)10(2)13-15(12)4/h5,9H,1,6-8H2,2-4H3. The summed E-state index contributed by atoms with van der Waals surface area (Å²) in [4.78, 5) is 13.1. The molecule has 1 aromatic heterocycles. The van der Waals surface area contributed by atoms with Crippen LogP contribution in [0, 0.1) is 6.92 Å². The lowest BCUT2D eigenvalue weighted by Crippen LogP contribution is -2.22. The number of carbonyl (C=O) groups excluding carboxylic acids is 1. The van der Waals surface area contributed by atoms with Gasteiger partial charge in [-0.1, -0.05) is 6.08 Å². The molecule has 1 heterocycles. The number of anilines is 1. The van der Waals surface area contributed by atoms with Crippen LogP contribution in [0.5, 0.6) is 0 Å². The largest absolute Gasteiger partial charge is 0.359 e. The topological polar surface area (TPSA) is 38.1 Å². The van der Waals surface area contributed by atoms with Gasteiger partial charge in [0.25, 0.3) is 0 Å². The summed E-state index contributed by atoms with van der Waals surface area (Å²) in [7, 11) is 3.84. The minimum atomic E-state index is 0.684. The fourth-order valence-corrected chi connectivity index (χ4v) is 1.83. The summed E-state index contributed by atoms with van der Waals surface area (Å²) < 4.78 is 1.76. The molecule has 0 saturated carbocycles. The van der Waals surface area contributed by atoms with Crippen LogP contribution in [-0.4, -0.2) is 29.7 Å². The molecular weight excluding hydrogens is 202 g/mol. The highest BCUT2D eigenvalue weighted by Gasteiger charge is 2.15. The lowest BCUT2D eigenvalue weighted by Gasteiger charge is -2.19. The normalized spacial score (nSPS) is 10.2. The van der Waals surface area contributed by atoms with Crippen molar-refractivity contribution in [3.63, 3.8) is 0 Å². The molecule has 0 atom stereocenters. The molecule has 88 valence electrons. The quantitative estimate of drug-likeness (QED) is 0.418. The van der Waals surface area contributed by atoms with E-state index in [9.17, 15) is 4.79 Å².